The number of carbonyl (C=O) groups excluding carboxylic acids is 1. The summed E-state index contributed by atoms with van der Waals surface area (Å²) in [6, 6.07) is 13.5. The summed E-state index contributed by atoms with van der Waals surface area (Å²) in [4.78, 5) is 21.9. The van der Waals surface area contributed by atoms with Gasteiger partial charge in [-0.05, 0) is 30.7 Å². The number of morpholine rings is 1. The topological polar surface area (TPSA) is 57.7 Å². The maximum Gasteiger partial charge on any atom is 0.257 e. The molecule has 1 amide bonds. The Labute approximate surface area is 153 Å². The van der Waals surface area contributed by atoms with Crippen molar-refractivity contribution in [1.29, 1.82) is 0 Å². The number of para-hydroxylation sites is 1. The molecule has 0 bridgehead atoms. The summed E-state index contributed by atoms with van der Waals surface area (Å²) in [7, 11) is 0. The third kappa shape index (κ3) is 3.57. The van der Waals surface area contributed by atoms with E-state index in [-0.39, 0.29) is 12.1 Å². The van der Waals surface area contributed by atoms with Crippen LogP contribution in [0.5, 0.6) is 0 Å². The first kappa shape index (κ1) is 17.0. The molecule has 4 rings (SSSR count). The van der Waals surface area contributed by atoms with E-state index in [1.54, 1.807) is 6.20 Å². The van der Waals surface area contributed by atoms with Gasteiger partial charge in [-0.2, -0.15) is 0 Å². The Morgan fingerprint density at radius 2 is 1.88 bits per heavy atom. The van der Waals surface area contributed by atoms with Gasteiger partial charge in [-0.15, -0.1) is 0 Å². The van der Waals surface area contributed by atoms with Gasteiger partial charge in [0.2, 0.25) is 0 Å². The van der Waals surface area contributed by atoms with Crippen LogP contribution in [-0.2, 0) is 4.74 Å². The van der Waals surface area contributed by atoms with Gasteiger partial charge in [-0.1, -0.05) is 18.2 Å². The molecule has 3 heterocycles. The maximum absolute atomic E-state index is 13.1. The predicted octanol–water partition coefficient (Wildman–Crippen LogP) is 2.37. The average Bonchev–Trinajstić information content (AvgIpc) is 2.71. The molecule has 6 nitrogen and oxygen atoms in total. The van der Waals surface area contributed by atoms with Crippen LogP contribution in [0.3, 0.4) is 0 Å². The number of pyridine rings is 1. The molecule has 1 atom stereocenters. The molecule has 136 valence electrons. The first-order valence-electron chi connectivity index (χ1n) is 9.20. The number of carbonyl (C=O) groups is 1. The molecule has 1 N–H and O–H groups in total. The molecule has 0 radical (unpaired) electrons. The van der Waals surface area contributed by atoms with Gasteiger partial charge >= 0.3 is 0 Å². The quantitative estimate of drug-likeness (QED) is 0.895. The van der Waals surface area contributed by atoms with Crippen LogP contribution in [0.2, 0.25) is 0 Å². The molecule has 1 saturated heterocycles. The molecule has 1 aromatic heterocycles. The number of aromatic nitrogens is 1. The minimum Gasteiger partial charge on any atom is -0.379 e. The third-order valence-corrected chi connectivity index (χ3v) is 4.97. The van der Waals surface area contributed by atoms with Gasteiger partial charge < -0.3 is 15.0 Å². The molecule has 2 aliphatic heterocycles. The lowest BCUT2D eigenvalue weighted by atomic mass is 10.1. The van der Waals surface area contributed by atoms with Crippen LogP contribution in [0.15, 0.2) is 48.7 Å². The first-order chi connectivity index (χ1) is 12.8. The number of benzene rings is 1. The van der Waals surface area contributed by atoms with Crippen molar-refractivity contribution in [2.45, 2.75) is 12.6 Å². The van der Waals surface area contributed by atoms with E-state index in [2.05, 4.69) is 15.2 Å². The number of nitrogens with one attached hydrogen (secondary N) is 1. The molecule has 26 heavy (non-hydrogen) atoms. The van der Waals surface area contributed by atoms with Crippen molar-refractivity contribution in [2.24, 2.45) is 0 Å². The SMILES string of the molecule is O=C1c2ccccc2N[C@H](c2ccccn2)N1CCCN1CCOCC1. The second-order valence-electron chi connectivity index (χ2n) is 6.65. The summed E-state index contributed by atoms with van der Waals surface area (Å²) in [5.41, 5.74) is 2.46. The standard InChI is InChI=1S/C20H24N4O2/c25-20-16-6-1-2-7-17(16)22-19(18-8-3-4-9-21-18)24(20)11-5-10-23-12-14-26-15-13-23/h1-4,6-9,19,22H,5,10-15H2/t19-/m0/s1. The van der Waals surface area contributed by atoms with E-state index in [0.717, 1.165) is 56.2 Å². The fourth-order valence-electron chi connectivity index (χ4n) is 3.58. The first-order valence-corrected chi connectivity index (χ1v) is 9.20. The van der Waals surface area contributed by atoms with Gasteiger partial charge in [0.25, 0.3) is 5.91 Å². The van der Waals surface area contributed by atoms with E-state index in [0.29, 0.717) is 6.54 Å². The maximum atomic E-state index is 13.1. The van der Waals surface area contributed by atoms with E-state index in [9.17, 15) is 4.79 Å². The minimum atomic E-state index is -0.233. The highest BCUT2D eigenvalue weighted by Crippen LogP contribution is 2.32. The van der Waals surface area contributed by atoms with Crippen LogP contribution < -0.4 is 5.32 Å². The number of hydrogen-bond donors (Lipinski definition) is 1. The molecule has 0 spiro atoms. The number of rotatable bonds is 5. The molecule has 0 unspecified atom stereocenters. The monoisotopic (exact) mass is 352 g/mol. The van der Waals surface area contributed by atoms with E-state index >= 15 is 0 Å². The zero-order valence-corrected chi connectivity index (χ0v) is 14.8. The van der Waals surface area contributed by atoms with Gasteiger partial charge in [0.1, 0.15) is 6.17 Å². The van der Waals surface area contributed by atoms with Gasteiger partial charge in [-0.3, -0.25) is 14.7 Å². The zero-order valence-electron chi connectivity index (χ0n) is 14.8. The van der Waals surface area contributed by atoms with Crippen LogP contribution in [0.1, 0.15) is 28.6 Å². The summed E-state index contributed by atoms with van der Waals surface area (Å²) in [6.07, 6.45) is 2.47. The largest absolute Gasteiger partial charge is 0.379 e. The Morgan fingerprint density at radius 3 is 2.69 bits per heavy atom. The van der Waals surface area contributed by atoms with Crippen LogP contribution in [-0.4, -0.2) is 60.1 Å². The highest BCUT2D eigenvalue weighted by Gasteiger charge is 2.33. The van der Waals surface area contributed by atoms with Crippen LogP contribution >= 0.6 is 0 Å². The Hall–Kier alpha value is -2.44. The third-order valence-electron chi connectivity index (χ3n) is 4.97. The van der Waals surface area contributed by atoms with E-state index in [4.69, 9.17) is 4.74 Å². The van der Waals surface area contributed by atoms with Gasteiger partial charge in [-0.25, -0.2) is 0 Å². The molecular weight excluding hydrogens is 328 g/mol. The van der Waals surface area contributed by atoms with Crippen molar-refractivity contribution in [1.82, 2.24) is 14.8 Å². The Bertz CT molecular complexity index is 746. The normalized spacial score (nSPS) is 20.5. The Kier molecular flexibility index (Phi) is 5.13. The molecule has 1 fully saturated rings. The molecule has 0 saturated carbocycles. The molecule has 2 aliphatic rings. The van der Waals surface area contributed by atoms with Gasteiger partial charge in [0, 0.05) is 38.1 Å². The van der Waals surface area contributed by atoms with Gasteiger partial charge in [0.05, 0.1) is 24.5 Å². The van der Waals surface area contributed by atoms with E-state index in [1.807, 2.05) is 47.4 Å². The number of nitrogens with zero attached hydrogens (tertiary/aromatic N) is 3. The summed E-state index contributed by atoms with van der Waals surface area (Å²) in [5.74, 6) is 0.0666. The summed E-state index contributed by atoms with van der Waals surface area (Å²) in [6.45, 7) is 5.21. The second-order valence-corrected chi connectivity index (χ2v) is 6.65. The number of hydrogen-bond acceptors (Lipinski definition) is 5. The number of anilines is 1. The molecule has 2 aromatic rings. The fraction of sp³-hybridized carbons (Fsp3) is 0.400. The lowest BCUT2D eigenvalue weighted by Gasteiger charge is -2.38. The average molecular weight is 352 g/mol. The molecule has 6 heteroatoms. The molecular formula is C20H24N4O2. The highest BCUT2D eigenvalue weighted by molar-refractivity contribution is 6.01. The fourth-order valence-corrected chi connectivity index (χ4v) is 3.58. The molecule has 0 aliphatic carbocycles. The lowest BCUT2D eigenvalue weighted by molar-refractivity contribution is 0.0347. The van der Waals surface area contributed by atoms with Crippen LogP contribution in [0.25, 0.3) is 0 Å². The van der Waals surface area contributed by atoms with Gasteiger partial charge in [0.15, 0.2) is 0 Å². The number of amides is 1. The lowest BCUT2D eigenvalue weighted by Crippen LogP contribution is -2.45. The second kappa shape index (κ2) is 7.85. The van der Waals surface area contributed by atoms with Crippen molar-refractivity contribution < 1.29 is 9.53 Å². The van der Waals surface area contributed by atoms with E-state index in [1.165, 1.54) is 0 Å². The van der Waals surface area contributed by atoms with Crippen molar-refractivity contribution in [3.05, 3.63) is 59.9 Å². The highest BCUT2D eigenvalue weighted by atomic mass is 16.5. The summed E-state index contributed by atoms with van der Waals surface area (Å²) in [5, 5.41) is 3.49. The van der Waals surface area contributed by atoms with Crippen molar-refractivity contribution in [3.8, 4) is 0 Å². The summed E-state index contributed by atoms with van der Waals surface area (Å²) < 4.78 is 5.40. The number of ether oxygens (including phenoxy) is 1. The smallest absolute Gasteiger partial charge is 0.257 e. The zero-order chi connectivity index (χ0) is 17.8. The van der Waals surface area contributed by atoms with Crippen LogP contribution in [0.4, 0.5) is 5.69 Å². The van der Waals surface area contributed by atoms with Crippen molar-refractivity contribution >= 4 is 11.6 Å². The van der Waals surface area contributed by atoms with Crippen LogP contribution in [0, 0.1) is 0 Å². The predicted molar refractivity (Wildman–Crippen MR) is 100.0 cm³/mol. The Morgan fingerprint density at radius 1 is 1.08 bits per heavy atom. The summed E-state index contributed by atoms with van der Waals surface area (Å²) >= 11 is 0. The number of fused-ring (bicyclic) bond motifs is 1. The van der Waals surface area contributed by atoms with E-state index < -0.39 is 0 Å². The minimum absolute atomic E-state index is 0.0666. The Balaban J connectivity index is 1.51. The van der Waals surface area contributed by atoms with Crippen molar-refractivity contribution in [3.63, 3.8) is 0 Å². The van der Waals surface area contributed by atoms with Crippen molar-refractivity contribution in [2.75, 3.05) is 44.7 Å². The molecule has 1 aromatic carbocycles.